The number of hydrogen-bond donors (Lipinski definition) is 1. The predicted molar refractivity (Wildman–Crippen MR) is 185 cm³/mol. The maximum absolute atomic E-state index is 12.5. The topological polar surface area (TPSA) is 47.9 Å². The minimum Gasteiger partial charge on any atom is -0.416 e. The van der Waals surface area contributed by atoms with Gasteiger partial charge in [0.25, 0.3) is 0 Å². The zero-order valence-electron chi connectivity index (χ0n) is 28.0. The zero-order chi connectivity index (χ0) is 31.0. The fourth-order valence-electron chi connectivity index (χ4n) is 8.01. The molecule has 5 rings (SSSR count). The summed E-state index contributed by atoms with van der Waals surface area (Å²) in [5, 5.41) is 12.6. The van der Waals surface area contributed by atoms with Crippen LogP contribution in [0.2, 0.25) is 18.1 Å². The van der Waals surface area contributed by atoms with Gasteiger partial charge in [0.1, 0.15) is 6.79 Å². The lowest BCUT2D eigenvalue weighted by molar-refractivity contribution is -0.0299. The molecule has 42 heavy (non-hydrogen) atoms. The minimum absolute atomic E-state index is 0.158. The number of fused-ring (bicyclic) bond motifs is 1. The summed E-state index contributed by atoms with van der Waals surface area (Å²) in [6.07, 6.45) is 11.6. The van der Waals surface area contributed by atoms with E-state index >= 15 is 0 Å². The van der Waals surface area contributed by atoms with Gasteiger partial charge in [0.05, 0.1) is 16.3 Å². The smallest absolute Gasteiger partial charge is 0.192 e. The normalized spacial score (nSPS) is 33.1. The van der Waals surface area contributed by atoms with E-state index in [1.807, 2.05) is 0 Å². The average molecular weight is 637 g/mol. The van der Waals surface area contributed by atoms with Crippen molar-refractivity contribution in [2.24, 2.45) is 29.1 Å². The van der Waals surface area contributed by atoms with Crippen molar-refractivity contribution in [2.75, 3.05) is 38.6 Å². The Morgan fingerprint density at radius 2 is 1.90 bits per heavy atom. The van der Waals surface area contributed by atoms with Gasteiger partial charge in [-0.15, -0.1) is 23.5 Å². The van der Waals surface area contributed by atoms with Gasteiger partial charge in [0.2, 0.25) is 0 Å². The highest BCUT2D eigenvalue weighted by Gasteiger charge is 2.80. The summed E-state index contributed by atoms with van der Waals surface area (Å²) in [5.41, 5.74) is 3.03. The molecule has 0 radical (unpaired) electrons. The van der Waals surface area contributed by atoms with Crippen molar-refractivity contribution >= 4 is 31.8 Å². The number of ether oxygens (including phenoxy) is 2. The molecule has 0 spiro atoms. The van der Waals surface area contributed by atoms with Crippen LogP contribution in [0.15, 0.2) is 36.0 Å². The zero-order valence-corrected chi connectivity index (χ0v) is 30.6. The first-order valence-electron chi connectivity index (χ1n) is 16.4. The van der Waals surface area contributed by atoms with Gasteiger partial charge in [-0.05, 0) is 98.4 Å². The van der Waals surface area contributed by atoms with Crippen LogP contribution in [0, 0.1) is 29.1 Å². The molecule has 0 unspecified atom stereocenters. The molecule has 1 saturated heterocycles. The molecule has 4 bridgehead atoms. The minimum atomic E-state index is -1.93. The third-order valence-electron chi connectivity index (χ3n) is 11.6. The second-order valence-electron chi connectivity index (χ2n) is 15.4. The Kier molecular flexibility index (Phi) is 11.1. The Balaban J connectivity index is 1.45. The maximum atomic E-state index is 12.5. The molecule has 5 aliphatic rings. The van der Waals surface area contributed by atoms with E-state index in [9.17, 15) is 5.11 Å². The second-order valence-corrected chi connectivity index (χ2v) is 23.5. The van der Waals surface area contributed by atoms with E-state index in [4.69, 9.17) is 20.5 Å². The lowest BCUT2D eigenvalue weighted by atomic mass is 9.63. The first-order chi connectivity index (χ1) is 19.6. The Labute approximate surface area is 267 Å². The molecule has 4 aliphatic carbocycles. The molecule has 1 N–H and O–H groups in total. The molecule has 0 aromatic heterocycles. The average Bonchev–Trinajstić information content (AvgIpc) is 3.52. The van der Waals surface area contributed by atoms with E-state index in [0.717, 1.165) is 31.3 Å². The van der Waals surface area contributed by atoms with Crippen molar-refractivity contribution in [3.8, 4) is 0 Å². The summed E-state index contributed by atoms with van der Waals surface area (Å²) < 4.78 is 17.7. The van der Waals surface area contributed by atoms with Gasteiger partial charge in [0, 0.05) is 31.5 Å². The molecule has 0 amide bonds. The summed E-state index contributed by atoms with van der Waals surface area (Å²) in [7, 11) is -0.265. The van der Waals surface area contributed by atoms with Crippen LogP contribution >= 0.6 is 23.5 Å². The summed E-state index contributed by atoms with van der Waals surface area (Å²) in [4.78, 5) is 0. The number of hydrogen-bond acceptors (Lipinski definition) is 6. The molecule has 4 nitrogen and oxygen atoms in total. The fourth-order valence-corrected chi connectivity index (χ4v) is 12.5. The standard InChI is InChI=1S/C35H60O4S2Si/c1-25(22-38-24-37-8)14-11-17-34(40-20-13-21-41-34)18-12-15-28(23-39-42(9,10)32(4,5)6)27(3)35(36)29-16-19-33(7)30(26(29)2)31(33)35/h14,28-31,36H,2-3,11-13,15-24H2,1,4-10H3/b25-14+/t28-,29+,30-,31-,33-,35-/m0/s1. The van der Waals surface area contributed by atoms with Crippen LogP contribution < -0.4 is 0 Å². The van der Waals surface area contributed by atoms with Gasteiger partial charge in [-0.2, -0.15) is 0 Å². The van der Waals surface area contributed by atoms with Crippen LogP contribution in [0.5, 0.6) is 0 Å². The van der Waals surface area contributed by atoms with E-state index in [-0.39, 0.29) is 26.4 Å². The van der Waals surface area contributed by atoms with E-state index < -0.39 is 13.9 Å². The lowest BCUT2D eigenvalue weighted by Gasteiger charge is -2.46. The van der Waals surface area contributed by atoms with Crippen LogP contribution in [0.1, 0.15) is 86.0 Å². The molecular weight excluding hydrogens is 577 g/mol. The number of rotatable bonds is 16. The molecule has 4 saturated carbocycles. The van der Waals surface area contributed by atoms with E-state index in [2.05, 4.69) is 83.9 Å². The van der Waals surface area contributed by atoms with Crippen molar-refractivity contribution in [3.63, 3.8) is 0 Å². The van der Waals surface area contributed by atoms with Crippen molar-refractivity contribution in [3.05, 3.63) is 36.0 Å². The number of methoxy groups -OCH3 is 1. The SMILES string of the molecule is C=C1[C@H]2CC[C@@]3(C)[C@@H]1[C@@H]3[C@]2(O)C(=C)[C@@H](CCCC1(CC/C=C(\C)COCOC)SCCCS1)CO[Si](C)(C)C(C)(C)C. The van der Waals surface area contributed by atoms with Crippen LogP contribution in [0.4, 0.5) is 0 Å². The Hall–Kier alpha value is -0.0231. The Bertz CT molecular complexity index is 1010. The molecule has 6 atom stereocenters. The Morgan fingerprint density at radius 1 is 1.21 bits per heavy atom. The highest BCUT2D eigenvalue weighted by Crippen LogP contribution is 2.81. The Morgan fingerprint density at radius 3 is 2.50 bits per heavy atom. The first kappa shape index (κ1) is 34.8. The van der Waals surface area contributed by atoms with Crippen molar-refractivity contribution in [1.29, 1.82) is 0 Å². The van der Waals surface area contributed by atoms with Crippen LogP contribution in [-0.4, -0.2) is 61.7 Å². The van der Waals surface area contributed by atoms with Gasteiger partial charge in [0.15, 0.2) is 8.32 Å². The van der Waals surface area contributed by atoms with E-state index in [1.165, 1.54) is 48.3 Å². The third-order valence-corrected chi connectivity index (χ3v) is 19.7. The maximum Gasteiger partial charge on any atom is 0.192 e. The summed E-state index contributed by atoms with van der Waals surface area (Å²) in [6.45, 7) is 27.1. The number of thioether (sulfide) groups is 2. The summed E-state index contributed by atoms with van der Waals surface area (Å²) in [6, 6.07) is 0. The molecule has 5 fully saturated rings. The van der Waals surface area contributed by atoms with Crippen molar-refractivity contribution in [2.45, 2.75) is 114 Å². The van der Waals surface area contributed by atoms with E-state index in [1.54, 1.807) is 7.11 Å². The third kappa shape index (κ3) is 6.88. The van der Waals surface area contributed by atoms with Crippen molar-refractivity contribution in [1.82, 2.24) is 0 Å². The number of allylic oxidation sites excluding steroid dienone is 1. The van der Waals surface area contributed by atoms with Crippen LogP contribution in [0.25, 0.3) is 0 Å². The molecule has 1 aliphatic heterocycles. The predicted octanol–water partition coefficient (Wildman–Crippen LogP) is 9.23. The van der Waals surface area contributed by atoms with Gasteiger partial charge in [-0.3, -0.25) is 0 Å². The number of aliphatic hydroxyl groups is 1. The van der Waals surface area contributed by atoms with Crippen LogP contribution in [-0.2, 0) is 13.9 Å². The largest absolute Gasteiger partial charge is 0.416 e. The highest BCUT2D eigenvalue weighted by atomic mass is 32.2. The molecule has 0 aromatic rings. The van der Waals surface area contributed by atoms with Crippen LogP contribution in [0.3, 0.4) is 0 Å². The monoisotopic (exact) mass is 636 g/mol. The van der Waals surface area contributed by atoms with Gasteiger partial charge < -0.3 is 19.0 Å². The van der Waals surface area contributed by atoms with Gasteiger partial charge in [-0.1, -0.05) is 64.5 Å². The highest BCUT2D eigenvalue weighted by molar-refractivity contribution is 8.18. The quantitative estimate of drug-likeness (QED) is 0.0789. The first-order valence-corrected chi connectivity index (χ1v) is 21.3. The van der Waals surface area contributed by atoms with E-state index in [0.29, 0.717) is 31.8 Å². The van der Waals surface area contributed by atoms with Crippen molar-refractivity contribution < 1.29 is 19.0 Å². The molecule has 1 heterocycles. The molecule has 7 heteroatoms. The fraction of sp³-hybridized carbons (Fsp3) is 0.829. The van der Waals surface area contributed by atoms with Gasteiger partial charge >= 0.3 is 0 Å². The molecule has 0 aromatic carbocycles. The summed E-state index contributed by atoms with van der Waals surface area (Å²) >= 11 is 4.36. The molecule has 240 valence electrons. The van der Waals surface area contributed by atoms with Gasteiger partial charge in [-0.25, -0.2) is 0 Å². The molecular formula is C35H60O4S2Si. The second kappa shape index (κ2) is 13.4. The summed E-state index contributed by atoms with van der Waals surface area (Å²) in [5.74, 6) is 3.64. The lowest BCUT2D eigenvalue weighted by Crippen LogP contribution is -2.49.